The Morgan fingerprint density at radius 2 is 1.09 bits per heavy atom. The molecule has 2 aromatic rings. The third-order valence-corrected chi connectivity index (χ3v) is 3.22. The van der Waals surface area contributed by atoms with Crippen molar-refractivity contribution in [2.24, 2.45) is 0 Å². The maximum atomic E-state index is 12.6. The van der Waals surface area contributed by atoms with E-state index in [1.54, 1.807) is 26.4 Å². The van der Waals surface area contributed by atoms with Gasteiger partial charge in [0.05, 0.1) is 13.2 Å². The molecule has 0 aliphatic rings. The molecule has 0 atom stereocenters. The first kappa shape index (κ1) is 18.3. The molecule has 0 amide bonds. The monoisotopic (exact) mass is 308 g/mol. The zero-order valence-corrected chi connectivity index (χ0v) is 13.5. The lowest BCUT2D eigenvalue weighted by atomic mass is 10.1. The van der Waals surface area contributed by atoms with Crippen LogP contribution in [-0.4, -0.2) is 14.2 Å². The van der Waals surface area contributed by atoms with E-state index in [2.05, 4.69) is 0 Å². The fraction of sp³-hybridized carbons (Fsp3) is 0.333. The molecule has 0 radical (unpaired) electrons. The Labute approximate surface area is 130 Å². The summed E-state index contributed by atoms with van der Waals surface area (Å²) in [7, 11) is 3.20. The van der Waals surface area contributed by atoms with Crippen LogP contribution >= 0.6 is 0 Å². The lowest BCUT2D eigenvalue weighted by Gasteiger charge is -2.03. The third kappa shape index (κ3) is 5.92. The van der Waals surface area contributed by atoms with Crippen LogP contribution in [0.1, 0.15) is 22.3 Å². The van der Waals surface area contributed by atoms with Gasteiger partial charge in [-0.25, -0.2) is 8.78 Å². The highest BCUT2D eigenvalue weighted by molar-refractivity contribution is 5.26. The predicted molar refractivity (Wildman–Crippen MR) is 83.7 cm³/mol. The van der Waals surface area contributed by atoms with E-state index in [0.29, 0.717) is 13.2 Å². The van der Waals surface area contributed by atoms with Gasteiger partial charge in [0.25, 0.3) is 0 Å². The maximum absolute atomic E-state index is 12.6. The molecule has 0 saturated heterocycles. The zero-order chi connectivity index (χ0) is 16.5. The van der Waals surface area contributed by atoms with Crippen LogP contribution in [0.4, 0.5) is 8.78 Å². The molecule has 2 rings (SSSR count). The first-order chi connectivity index (χ1) is 10.5. The van der Waals surface area contributed by atoms with Gasteiger partial charge in [0.2, 0.25) is 0 Å². The molecule has 4 heteroatoms. The topological polar surface area (TPSA) is 18.5 Å². The van der Waals surface area contributed by atoms with Crippen molar-refractivity contribution in [1.82, 2.24) is 0 Å². The van der Waals surface area contributed by atoms with Crippen molar-refractivity contribution >= 4 is 0 Å². The van der Waals surface area contributed by atoms with Crippen LogP contribution in [0.5, 0.6) is 0 Å². The largest absolute Gasteiger partial charge is 0.380 e. The summed E-state index contributed by atoms with van der Waals surface area (Å²) in [5, 5.41) is 0. The molecule has 0 N–H and O–H groups in total. The van der Waals surface area contributed by atoms with E-state index in [1.165, 1.54) is 24.3 Å². The smallest absolute Gasteiger partial charge is 0.123 e. The molecule has 0 bridgehead atoms. The highest BCUT2D eigenvalue weighted by Crippen LogP contribution is 2.11. The average Bonchev–Trinajstić information content (AvgIpc) is 2.48. The Kier molecular flexibility index (Phi) is 7.71. The minimum Gasteiger partial charge on any atom is -0.380 e. The molecule has 0 aromatic heterocycles. The van der Waals surface area contributed by atoms with Gasteiger partial charge in [-0.2, -0.15) is 0 Å². The summed E-state index contributed by atoms with van der Waals surface area (Å²) in [6, 6.07) is 9.41. The van der Waals surface area contributed by atoms with E-state index in [-0.39, 0.29) is 11.6 Å². The Morgan fingerprint density at radius 3 is 1.41 bits per heavy atom. The summed E-state index contributed by atoms with van der Waals surface area (Å²) >= 11 is 0. The van der Waals surface area contributed by atoms with Crippen molar-refractivity contribution in [3.63, 3.8) is 0 Å². The van der Waals surface area contributed by atoms with Gasteiger partial charge in [-0.1, -0.05) is 12.1 Å². The molecule has 0 aliphatic carbocycles. The third-order valence-electron chi connectivity index (χ3n) is 3.22. The molecule has 0 aliphatic heterocycles. The molecule has 0 saturated carbocycles. The molecule has 0 spiro atoms. The van der Waals surface area contributed by atoms with Crippen LogP contribution < -0.4 is 0 Å². The zero-order valence-electron chi connectivity index (χ0n) is 13.5. The summed E-state index contributed by atoms with van der Waals surface area (Å²) in [5.74, 6) is -0.412. The van der Waals surface area contributed by atoms with E-state index >= 15 is 0 Å². The fourth-order valence-corrected chi connectivity index (χ4v) is 1.90. The molecular formula is C18H22F2O2. The Morgan fingerprint density at radius 1 is 0.727 bits per heavy atom. The van der Waals surface area contributed by atoms with E-state index in [1.807, 2.05) is 13.8 Å². The fourth-order valence-electron chi connectivity index (χ4n) is 1.90. The number of benzene rings is 2. The van der Waals surface area contributed by atoms with Crippen molar-refractivity contribution in [2.75, 3.05) is 14.2 Å². The average molecular weight is 308 g/mol. The quantitative estimate of drug-likeness (QED) is 0.824. The van der Waals surface area contributed by atoms with Gasteiger partial charge in [0.15, 0.2) is 0 Å². The van der Waals surface area contributed by atoms with E-state index in [0.717, 1.165) is 22.3 Å². The number of methoxy groups -OCH3 is 2. The van der Waals surface area contributed by atoms with Crippen molar-refractivity contribution in [1.29, 1.82) is 0 Å². The van der Waals surface area contributed by atoms with Crippen LogP contribution in [0.25, 0.3) is 0 Å². The second-order valence-corrected chi connectivity index (χ2v) is 5.01. The van der Waals surface area contributed by atoms with Crippen LogP contribution in [0.2, 0.25) is 0 Å². The van der Waals surface area contributed by atoms with Gasteiger partial charge < -0.3 is 9.47 Å². The van der Waals surface area contributed by atoms with Gasteiger partial charge in [-0.3, -0.25) is 0 Å². The normalized spacial score (nSPS) is 10.1. The van der Waals surface area contributed by atoms with Crippen molar-refractivity contribution in [2.45, 2.75) is 27.1 Å². The number of halogens is 2. The van der Waals surface area contributed by atoms with Crippen LogP contribution in [0, 0.1) is 25.5 Å². The number of aryl methyl sites for hydroxylation is 2. The molecule has 120 valence electrons. The lowest BCUT2D eigenvalue weighted by molar-refractivity contribution is 0.184. The van der Waals surface area contributed by atoms with E-state index in [9.17, 15) is 8.78 Å². The second-order valence-electron chi connectivity index (χ2n) is 5.01. The van der Waals surface area contributed by atoms with Crippen LogP contribution in [0.3, 0.4) is 0 Å². The highest BCUT2D eigenvalue weighted by atomic mass is 19.1. The Bertz CT molecular complexity index is 544. The molecule has 0 unspecified atom stereocenters. The summed E-state index contributed by atoms with van der Waals surface area (Å²) in [6.45, 7) is 4.83. The number of ether oxygens (including phenoxy) is 2. The van der Waals surface area contributed by atoms with Crippen molar-refractivity contribution in [3.05, 3.63) is 70.3 Å². The summed E-state index contributed by atoms with van der Waals surface area (Å²) in [6.07, 6.45) is 0. The highest BCUT2D eigenvalue weighted by Gasteiger charge is 1.99. The van der Waals surface area contributed by atoms with E-state index < -0.39 is 0 Å². The first-order valence-electron chi connectivity index (χ1n) is 6.95. The minimum atomic E-state index is -0.206. The van der Waals surface area contributed by atoms with Gasteiger partial charge in [0, 0.05) is 14.2 Å². The standard InChI is InChI=1S/2C9H11FO/c2*1-7-3-4-9(10)5-8(7)6-11-2/h2*3-5H,6H2,1-2H3. The van der Waals surface area contributed by atoms with Crippen LogP contribution in [-0.2, 0) is 22.7 Å². The number of hydrogen-bond donors (Lipinski definition) is 0. The van der Waals surface area contributed by atoms with Crippen molar-refractivity contribution in [3.8, 4) is 0 Å². The summed E-state index contributed by atoms with van der Waals surface area (Å²) in [5.41, 5.74) is 3.95. The number of rotatable bonds is 4. The maximum Gasteiger partial charge on any atom is 0.123 e. The number of hydrogen-bond acceptors (Lipinski definition) is 2. The summed E-state index contributed by atoms with van der Waals surface area (Å²) in [4.78, 5) is 0. The van der Waals surface area contributed by atoms with Gasteiger partial charge >= 0.3 is 0 Å². The Balaban J connectivity index is 0.000000220. The van der Waals surface area contributed by atoms with Gasteiger partial charge in [-0.05, 0) is 60.4 Å². The molecule has 0 heterocycles. The molecule has 0 fully saturated rings. The predicted octanol–water partition coefficient (Wildman–Crippen LogP) is 4.56. The minimum absolute atomic E-state index is 0.206. The summed E-state index contributed by atoms with van der Waals surface area (Å²) < 4.78 is 35.0. The first-order valence-corrected chi connectivity index (χ1v) is 6.95. The molecule has 2 aromatic carbocycles. The van der Waals surface area contributed by atoms with Crippen molar-refractivity contribution < 1.29 is 18.3 Å². The SMILES string of the molecule is COCc1cc(F)ccc1C.COCc1cc(F)ccc1C. The lowest BCUT2D eigenvalue weighted by Crippen LogP contribution is -1.92. The van der Waals surface area contributed by atoms with Gasteiger partial charge in [0.1, 0.15) is 11.6 Å². The molecular weight excluding hydrogens is 286 g/mol. The van der Waals surface area contributed by atoms with Gasteiger partial charge in [-0.15, -0.1) is 0 Å². The van der Waals surface area contributed by atoms with E-state index in [4.69, 9.17) is 9.47 Å². The molecule has 2 nitrogen and oxygen atoms in total. The van der Waals surface area contributed by atoms with Crippen LogP contribution in [0.15, 0.2) is 36.4 Å². The molecule has 22 heavy (non-hydrogen) atoms. The second kappa shape index (κ2) is 9.28. The Hall–Kier alpha value is -1.78.